The minimum Gasteiger partial charge on any atom is -0.303 e. The van der Waals surface area contributed by atoms with Crippen molar-refractivity contribution in [2.45, 2.75) is 36.5 Å². The van der Waals surface area contributed by atoms with Gasteiger partial charge in [-0.25, -0.2) is 9.67 Å². The third kappa shape index (κ3) is 4.45. The summed E-state index contributed by atoms with van der Waals surface area (Å²) in [4.78, 5) is 14.6. The van der Waals surface area contributed by atoms with Gasteiger partial charge in [0.25, 0.3) is 0 Å². The smallest absolute Gasteiger partial charge is 0.249 e. The van der Waals surface area contributed by atoms with Crippen LogP contribution in [0.3, 0.4) is 0 Å². The van der Waals surface area contributed by atoms with Crippen molar-refractivity contribution < 1.29 is 4.79 Å². The van der Waals surface area contributed by atoms with Crippen LogP contribution in [0.1, 0.15) is 32.0 Å². The van der Waals surface area contributed by atoms with Crippen molar-refractivity contribution in [1.82, 2.24) is 14.8 Å². The molecule has 0 bridgehead atoms. The van der Waals surface area contributed by atoms with E-state index in [4.69, 9.17) is 34.8 Å². The lowest BCUT2D eigenvalue weighted by atomic mass is 10.0. The molecule has 0 amide bonds. The highest BCUT2D eigenvalue weighted by Crippen LogP contribution is 2.36. The zero-order valence-corrected chi connectivity index (χ0v) is 11.7. The maximum absolute atomic E-state index is 10.7. The van der Waals surface area contributed by atoms with Gasteiger partial charge in [0.1, 0.15) is 12.6 Å². The van der Waals surface area contributed by atoms with Gasteiger partial charge < -0.3 is 4.79 Å². The molecule has 0 radical (unpaired) electrons. The van der Waals surface area contributed by atoms with Crippen molar-refractivity contribution in [2.24, 2.45) is 5.92 Å². The second-order valence-electron chi connectivity index (χ2n) is 3.75. The molecular formula is C10H14Cl3N3O. The average Bonchev–Trinajstić information content (AvgIpc) is 2.72. The lowest BCUT2D eigenvalue weighted by Gasteiger charge is -2.12. The van der Waals surface area contributed by atoms with Crippen LogP contribution in [0.25, 0.3) is 0 Å². The highest BCUT2D eigenvalue weighted by molar-refractivity contribution is 6.66. The lowest BCUT2D eigenvalue weighted by molar-refractivity contribution is -0.111. The fourth-order valence-electron chi connectivity index (χ4n) is 1.52. The summed E-state index contributed by atoms with van der Waals surface area (Å²) in [6, 6.07) is 0. The van der Waals surface area contributed by atoms with Gasteiger partial charge in [0.15, 0.2) is 5.82 Å². The molecule has 0 aliphatic heterocycles. The third-order valence-electron chi connectivity index (χ3n) is 2.53. The first-order chi connectivity index (χ1) is 7.99. The van der Waals surface area contributed by atoms with Crippen LogP contribution in [-0.2, 0) is 15.1 Å². The molecule has 0 aliphatic rings. The summed E-state index contributed by atoms with van der Waals surface area (Å²) in [5.74, 6) is 0.399. The maximum Gasteiger partial charge on any atom is 0.249 e. The summed E-state index contributed by atoms with van der Waals surface area (Å²) in [6.07, 6.45) is 4.79. The molecule has 7 heteroatoms. The van der Waals surface area contributed by atoms with Gasteiger partial charge in [0, 0.05) is 12.5 Å². The third-order valence-corrected chi connectivity index (χ3v) is 3.04. The van der Waals surface area contributed by atoms with E-state index in [0.717, 1.165) is 25.5 Å². The van der Waals surface area contributed by atoms with Crippen LogP contribution in [0.15, 0.2) is 6.33 Å². The van der Waals surface area contributed by atoms with Gasteiger partial charge in [0.05, 0.1) is 0 Å². The topological polar surface area (TPSA) is 47.8 Å². The van der Waals surface area contributed by atoms with E-state index in [1.165, 1.54) is 6.33 Å². The molecule has 0 N–H and O–H groups in total. The minimum absolute atomic E-state index is 0.0923. The second-order valence-corrected chi connectivity index (χ2v) is 6.03. The largest absolute Gasteiger partial charge is 0.303 e. The van der Waals surface area contributed by atoms with Gasteiger partial charge in [-0.1, -0.05) is 41.7 Å². The Morgan fingerprint density at radius 3 is 2.76 bits per heavy atom. The van der Waals surface area contributed by atoms with E-state index in [2.05, 4.69) is 10.1 Å². The summed E-state index contributed by atoms with van der Waals surface area (Å²) in [7, 11) is 0. The predicted octanol–water partition coefficient (Wildman–Crippen LogP) is 3.11. The number of carbonyl (C=O) groups excluding carboxylic acids is 1. The number of halogens is 3. The zero-order chi connectivity index (χ0) is 12.9. The van der Waals surface area contributed by atoms with Gasteiger partial charge in [-0.05, 0) is 19.3 Å². The molecule has 1 aromatic rings. The molecule has 17 heavy (non-hydrogen) atoms. The average molecular weight is 299 g/mol. The Hall–Kier alpha value is -0.320. The van der Waals surface area contributed by atoms with Gasteiger partial charge >= 0.3 is 0 Å². The number of aryl methyl sites for hydroxylation is 1. The van der Waals surface area contributed by atoms with Crippen molar-refractivity contribution in [3.63, 3.8) is 0 Å². The molecule has 1 aromatic heterocycles. The van der Waals surface area contributed by atoms with Crippen LogP contribution in [0.5, 0.6) is 0 Å². The Kier molecular flexibility index (Phi) is 5.70. The maximum atomic E-state index is 10.7. The highest BCUT2D eigenvalue weighted by Gasteiger charge is 2.29. The normalized spacial score (nSPS) is 13.6. The van der Waals surface area contributed by atoms with E-state index in [9.17, 15) is 4.79 Å². The van der Waals surface area contributed by atoms with Crippen molar-refractivity contribution in [3.8, 4) is 0 Å². The molecule has 4 nitrogen and oxygen atoms in total. The number of carbonyl (C=O) groups is 1. The Balaban J connectivity index is 2.53. The molecule has 96 valence electrons. The molecule has 1 unspecified atom stereocenters. The van der Waals surface area contributed by atoms with E-state index in [1.807, 2.05) is 6.92 Å². The van der Waals surface area contributed by atoms with Crippen LogP contribution < -0.4 is 0 Å². The first-order valence-corrected chi connectivity index (χ1v) is 6.52. The molecule has 0 spiro atoms. The molecule has 1 rings (SSSR count). The van der Waals surface area contributed by atoms with Crippen molar-refractivity contribution in [2.75, 3.05) is 0 Å². The second kappa shape index (κ2) is 6.57. The Bertz CT molecular complexity index is 362. The monoisotopic (exact) mass is 297 g/mol. The summed E-state index contributed by atoms with van der Waals surface area (Å²) in [5.41, 5.74) is 0. The Morgan fingerprint density at radius 1 is 1.53 bits per heavy atom. The van der Waals surface area contributed by atoms with Crippen molar-refractivity contribution in [1.29, 1.82) is 0 Å². The van der Waals surface area contributed by atoms with Gasteiger partial charge in [-0.3, -0.25) is 0 Å². The number of aromatic nitrogens is 3. The van der Waals surface area contributed by atoms with Gasteiger partial charge in [-0.15, -0.1) is 0 Å². The Labute approximate surface area is 115 Å². The molecule has 0 aromatic carbocycles. The van der Waals surface area contributed by atoms with Gasteiger partial charge in [0.2, 0.25) is 3.79 Å². The highest BCUT2D eigenvalue weighted by atomic mass is 35.6. The summed E-state index contributed by atoms with van der Waals surface area (Å²) >= 11 is 17.3. The number of hydrogen-bond acceptors (Lipinski definition) is 3. The van der Waals surface area contributed by atoms with Crippen LogP contribution in [0.4, 0.5) is 0 Å². The Morgan fingerprint density at radius 2 is 2.24 bits per heavy atom. The van der Waals surface area contributed by atoms with Crippen LogP contribution in [0.2, 0.25) is 0 Å². The number of nitrogens with zero attached hydrogens (tertiary/aromatic N) is 3. The fourth-order valence-corrected chi connectivity index (χ4v) is 1.96. The number of rotatable bonds is 6. The summed E-state index contributed by atoms with van der Waals surface area (Å²) in [6.45, 7) is 2.58. The number of aldehydes is 1. The molecule has 0 saturated carbocycles. The van der Waals surface area contributed by atoms with E-state index in [-0.39, 0.29) is 5.92 Å². The first kappa shape index (κ1) is 14.7. The van der Waals surface area contributed by atoms with E-state index in [1.54, 1.807) is 4.68 Å². The molecular weight excluding hydrogens is 284 g/mol. The lowest BCUT2D eigenvalue weighted by Crippen LogP contribution is -2.14. The molecule has 1 heterocycles. The SMILES string of the molecule is CCC(C=O)CCCn1ncnc1C(Cl)(Cl)Cl. The number of hydrogen-bond donors (Lipinski definition) is 0. The number of alkyl halides is 3. The van der Waals surface area contributed by atoms with Crippen LogP contribution in [0, 0.1) is 5.92 Å². The van der Waals surface area contributed by atoms with Crippen LogP contribution in [-0.4, -0.2) is 21.1 Å². The first-order valence-electron chi connectivity index (χ1n) is 5.39. The zero-order valence-electron chi connectivity index (χ0n) is 9.44. The van der Waals surface area contributed by atoms with E-state index < -0.39 is 3.79 Å². The standard InChI is InChI=1S/C10H14Cl3N3O/c1-2-8(6-17)4-3-5-16-9(10(11,12)13)14-7-15-16/h6-8H,2-5H2,1H3. The fraction of sp³-hybridized carbons (Fsp3) is 0.700. The van der Waals surface area contributed by atoms with E-state index >= 15 is 0 Å². The van der Waals surface area contributed by atoms with Gasteiger partial charge in [-0.2, -0.15) is 5.10 Å². The quantitative estimate of drug-likeness (QED) is 0.599. The van der Waals surface area contributed by atoms with Crippen molar-refractivity contribution >= 4 is 41.1 Å². The molecule has 1 atom stereocenters. The van der Waals surface area contributed by atoms with E-state index in [0.29, 0.717) is 12.4 Å². The van der Waals surface area contributed by atoms with Crippen molar-refractivity contribution in [3.05, 3.63) is 12.2 Å². The summed E-state index contributed by atoms with van der Waals surface area (Å²) in [5, 5.41) is 4.00. The molecule has 0 fully saturated rings. The van der Waals surface area contributed by atoms with Crippen LogP contribution >= 0.6 is 34.8 Å². The molecule has 0 saturated heterocycles. The molecule has 0 aliphatic carbocycles. The predicted molar refractivity (Wildman–Crippen MR) is 68.3 cm³/mol. The minimum atomic E-state index is -1.56. The summed E-state index contributed by atoms with van der Waals surface area (Å²) < 4.78 is -0.00413.